The van der Waals surface area contributed by atoms with Crippen LogP contribution < -0.4 is 5.32 Å². The highest BCUT2D eigenvalue weighted by atomic mass is 79.9. The summed E-state index contributed by atoms with van der Waals surface area (Å²) in [6, 6.07) is 5.35. The van der Waals surface area contributed by atoms with Gasteiger partial charge in [0, 0.05) is 10.5 Å². The predicted octanol–water partition coefficient (Wildman–Crippen LogP) is 1.87. The molecule has 0 aromatic heterocycles. The number of hydrogen-bond donors (Lipinski definition) is 2. The Hall–Kier alpha value is -0.870. The maximum Gasteiger partial charge on any atom is 0.252 e. The molecule has 1 rings (SSSR count). The van der Waals surface area contributed by atoms with E-state index in [-0.39, 0.29) is 18.6 Å². The van der Waals surface area contributed by atoms with Crippen molar-refractivity contribution in [3.63, 3.8) is 0 Å². The number of halogens is 1. The molecule has 2 N–H and O–H groups in total. The van der Waals surface area contributed by atoms with Crippen LogP contribution in [0.3, 0.4) is 0 Å². The van der Waals surface area contributed by atoms with Gasteiger partial charge >= 0.3 is 0 Å². The average molecular weight is 272 g/mol. The van der Waals surface area contributed by atoms with Crippen LogP contribution in [0, 0.1) is 6.92 Å². The molecule has 0 aliphatic rings. The van der Waals surface area contributed by atoms with Gasteiger partial charge < -0.3 is 10.4 Å². The van der Waals surface area contributed by atoms with E-state index in [1.165, 1.54) is 0 Å². The van der Waals surface area contributed by atoms with Gasteiger partial charge in [-0.1, -0.05) is 11.6 Å². The minimum Gasteiger partial charge on any atom is -0.394 e. The zero-order valence-corrected chi connectivity index (χ0v) is 10.3. The number of benzene rings is 1. The molecule has 0 unspecified atom stereocenters. The number of nitrogens with one attached hydrogen (secondary N) is 1. The highest BCUT2D eigenvalue weighted by Crippen LogP contribution is 2.17. The van der Waals surface area contributed by atoms with Crippen LogP contribution in [0.15, 0.2) is 22.7 Å². The van der Waals surface area contributed by atoms with Crippen molar-refractivity contribution in [1.29, 1.82) is 0 Å². The second-order valence-electron chi connectivity index (χ2n) is 3.54. The van der Waals surface area contributed by atoms with Gasteiger partial charge in [0.05, 0.1) is 12.2 Å². The Bertz CT molecular complexity index is 366. The lowest BCUT2D eigenvalue weighted by atomic mass is 10.1. The van der Waals surface area contributed by atoms with Gasteiger partial charge in [-0.3, -0.25) is 4.79 Å². The summed E-state index contributed by atoms with van der Waals surface area (Å²) < 4.78 is 0.760. The van der Waals surface area contributed by atoms with Crippen LogP contribution in [0.5, 0.6) is 0 Å². The first-order chi connectivity index (χ1) is 7.04. The molecule has 4 heteroatoms. The molecule has 0 aliphatic heterocycles. The molecule has 0 bridgehead atoms. The number of aryl methyl sites for hydroxylation is 1. The molecule has 1 aromatic rings. The lowest BCUT2D eigenvalue weighted by molar-refractivity contribution is 0.0921. The van der Waals surface area contributed by atoms with Crippen molar-refractivity contribution in [2.75, 3.05) is 6.61 Å². The normalized spacial score (nSPS) is 12.3. The third-order valence-electron chi connectivity index (χ3n) is 2.02. The Morgan fingerprint density at radius 2 is 2.27 bits per heavy atom. The SMILES string of the molecule is Cc1ccc(Br)c(C(=O)N[C@@H](C)CO)c1. The molecule has 0 saturated carbocycles. The summed E-state index contributed by atoms with van der Waals surface area (Å²) in [6.07, 6.45) is 0. The van der Waals surface area contributed by atoms with Crippen LogP contribution in [0.25, 0.3) is 0 Å². The minimum atomic E-state index is -0.232. The molecule has 0 heterocycles. The van der Waals surface area contributed by atoms with Crippen LogP contribution in [0.1, 0.15) is 22.8 Å². The van der Waals surface area contributed by atoms with Gasteiger partial charge in [-0.15, -0.1) is 0 Å². The Morgan fingerprint density at radius 1 is 1.60 bits per heavy atom. The van der Waals surface area contributed by atoms with Crippen LogP contribution in [-0.4, -0.2) is 23.7 Å². The van der Waals surface area contributed by atoms with E-state index in [1.807, 2.05) is 25.1 Å². The standard InChI is InChI=1S/C11H14BrNO2/c1-7-3-4-10(12)9(5-7)11(15)13-8(2)6-14/h3-5,8,14H,6H2,1-2H3,(H,13,15)/t8-/m0/s1. The fourth-order valence-electron chi connectivity index (χ4n) is 1.16. The van der Waals surface area contributed by atoms with Crippen LogP contribution in [0.2, 0.25) is 0 Å². The van der Waals surface area contributed by atoms with Gasteiger partial charge in [-0.05, 0) is 41.9 Å². The largest absolute Gasteiger partial charge is 0.394 e. The quantitative estimate of drug-likeness (QED) is 0.882. The number of hydrogen-bond acceptors (Lipinski definition) is 2. The Morgan fingerprint density at radius 3 is 2.87 bits per heavy atom. The smallest absolute Gasteiger partial charge is 0.252 e. The lowest BCUT2D eigenvalue weighted by Gasteiger charge is -2.12. The van der Waals surface area contributed by atoms with Crippen LogP contribution in [0.4, 0.5) is 0 Å². The van der Waals surface area contributed by atoms with Crippen molar-refractivity contribution in [3.05, 3.63) is 33.8 Å². The van der Waals surface area contributed by atoms with Crippen LogP contribution >= 0.6 is 15.9 Å². The molecule has 0 spiro atoms. The maximum atomic E-state index is 11.7. The van der Waals surface area contributed by atoms with Gasteiger partial charge in [0.15, 0.2) is 0 Å². The van der Waals surface area contributed by atoms with E-state index < -0.39 is 0 Å². The highest BCUT2D eigenvalue weighted by molar-refractivity contribution is 9.10. The fraction of sp³-hybridized carbons (Fsp3) is 0.364. The maximum absolute atomic E-state index is 11.7. The molecule has 0 aliphatic carbocycles. The van der Waals surface area contributed by atoms with Crippen molar-refractivity contribution >= 4 is 21.8 Å². The minimum absolute atomic E-state index is 0.0603. The van der Waals surface area contributed by atoms with E-state index in [0.717, 1.165) is 10.0 Å². The molecule has 0 fully saturated rings. The molecule has 82 valence electrons. The monoisotopic (exact) mass is 271 g/mol. The Kier molecular flexibility index (Phi) is 4.29. The lowest BCUT2D eigenvalue weighted by Crippen LogP contribution is -2.35. The number of amides is 1. The van der Waals surface area contributed by atoms with E-state index in [9.17, 15) is 4.79 Å². The van der Waals surface area contributed by atoms with Gasteiger partial charge in [0.2, 0.25) is 0 Å². The average Bonchev–Trinajstić information content (AvgIpc) is 2.21. The summed E-state index contributed by atoms with van der Waals surface area (Å²) in [4.78, 5) is 11.7. The first-order valence-corrected chi connectivity index (χ1v) is 5.51. The topological polar surface area (TPSA) is 49.3 Å². The summed E-state index contributed by atoms with van der Waals surface area (Å²) in [7, 11) is 0. The summed E-state index contributed by atoms with van der Waals surface area (Å²) >= 11 is 3.32. The van der Waals surface area contributed by atoms with Crippen LogP contribution in [-0.2, 0) is 0 Å². The van der Waals surface area contributed by atoms with E-state index >= 15 is 0 Å². The predicted molar refractivity (Wildman–Crippen MR) is 62.9 cm³/mol. The number of aliphatic hydroxyl groups is 1. The number of carbonyl (C=O) groups excluding carboxylic acids is 1. The van der Waals surface area contributed by atoms with Crippen molar-refractivity contribution in [3.8, 4) is 0 Å². The van der Waals surface area contributed by atoms with E-state index in [0.29, 0.717) is 5.56 Å². The zero-order chi connectivity index (χ0) is 11.4. The third kappa shape index (κ3) is 3.32. The van der Waals surface area contributed by atoms with E-state index in [1.54, 1.807) is 6.92 Å². The number of rotatable bonds is 3. The fourth-order valence-corrected chi connectivity index (χ4v) is 1.59. The molecule has 15 heavy (non-hydrogen) atoms. The Balaban J connectivity index is 2.86. The van der Waals surface area contributed by atoms with E-state index in [4.69, 9.17) is 5.11 Å². The van der Waals surface area contributed by atoms with Gasteiger partial charge in [0.1, 0.15) is 0 Å². The molecule has 1 aromatic carbocycles. The highest BCUT2D eigenvalue weighted by Gasteiger charge is 2.12. The Labute approximate surface area is 97.6 Å². The molecular formula is C11H14BrNO2. The number of aliphatic hydroxyl groups excluding tert-OH is 1. The molecule has 1 amide bonds. The number of carbonyl (C=O) groups is 1. The summed E-state index contributed by atoms with van der Waals surface area (Å²) in [5, 5.41) is 11.5. The van der Waals surface area contributed by atoms with Gasteiger partial charge in [-0.2, -0.15) is 0 Å². The summed E-state index contributed by atoms with van der Waals surface area (Å²) in [5.41, 5.74) is 1.62. The van der Waals surface area contributed by atoms with E-state index in [2.05, 4.69) is 21.2 Å². The van der Waals surface area contributed by atoms with Gasteiger partial charge in [-0.25, -0.2) is 0 Å². The van der Waals surface area contributed by atoms with Crippen molar-refractivity contribution in [2.45, 2.75) is 19.9 Å². The zero-order valence-electron chi connectivity index (χ0n) is 8.75. The summed E-state index contributed by atoms with van der Waals surface area (Å²) in [5.74, 6) is -0.174. The third-order valence-corrected chi connectivity index (χ3v) is 2.71. The van der Waals surface area contributed by atoms with Crippen molar-refractivity contribution in [2.24, 2.45) is 0 Å². The molecule has 1 atom stereocenters. The van der Waals surface area contributed by atoms with Crippen molar-refractivity contribution in [1.82, 2.24) is 5.32 Å². The first kappa shape index (κ1) is 12.2. The van der Waals surface area contributed by atoms with Gasteiger partial charge in [0.25, 0.3) is 5.91 Å². The second kappa shape index (κ2) is 5.28. The molecule has 0 saturated heterocycles. The first-order valence-electron chi connectivity index (χ1n) is 4.72. The molecule has 0 radical (unpaired) electrons. The molecular weight excluding hydrogens is 258 g/mol. The second-order valence-corrected chi connectivity index (χ2v) is 4.39. The summed E-state index contributed by atoms with van der Waals surface area (Å²) in [6.45, 7) is 3.62. The molecule has 3 nitrogen and oxygen atoms in total. The van der Waals surface area contributed by atoms with Crippen molar-refractivity contribution < 1.29 is 9.90 Å².